The van der Waals surface area contributed by atoms with E-state index in [0.717, 1.165) is 34.9 Å². The molecule has 1 heterocycles. The van der Waals surface area contributed by atoms with Gasteiger partial charge in [0.25, 0.3) is 0 Å². The van der Waals surface area contributed by atoms with E-state index < -0.39 is 5.97 Å². The van der Waals surface area contributed by atoms with E-state index >= 15 is 0 Å². The molecule has 0 unspecified atom stereocenters. The molecule has 5 heteroatoms. The number of benzene rings is 1. The van der Waals surface area contributed by atoms with E-state index in [0.29, 0.717) is 25.2 Å². The lowest BCUT2D eigenvalue weighted by molar-refractivity contribution is 0.0698. The van der Waals surface area contributed by atoms with Gasteiger partial charge in [-0.05, 0) is 42.6 Å². The van der Waals surface area contributed by atoms with Crippen LogP contribution in [0.3, 0.4) is 0 Å². The molecule has 108 valence electrons. The van der Waals surface area contributed by atoms with Crippen molar-refractivity contribution in [1.82, 2.24) is 4.57 Å². The summed E-state index contributed by atoms with van der Waals surface area (Å²) in [7, 11) is 0. The van der Waals surface area contributed by atoms with Crippen LogP contribution in [-0.2, 0) is 19.4 Å². The third-order valence-corrected chi connectivity index (χ3v) is 3.54. The smallest absolute Gasteiger partial charge is 0.337 e. The van der Waals surface area contributed by atoms with E-state index in [1.165, 1.54) is 0 Å². The average Bonchev–Trinajstić information content (AvgIpc) is 2.77. The van der Waals surface area contributed by atoms with Gasteiger partial charge in [-0.2, -0.15) is 0 Å². The molecule has 5 nitrogen and oxygen atoms in total. The number of carboxylic acid groups (broad SMARTS) is 1. The molecule has 0 saturated heterocycles. The van der Waals surface area contributed by atoms with E-state index in [9.17, 15) is 9.90 Å². The molecule has 1 aromatic heterocycles. The van der Waals surface area contributed by atoms with Gasteiger partial charge in [-0.25, -0.2) is 4.79 Å². The Morgan fingerprint density at radius 1 is 1.30 bits per heavy atom. The molecule has 1 aromatic carbocycles. The monoisotopic (exact) mass is 275 g/mol. The SMILES string of the molecule is CCc1cc(C(=O)O)c2c(c1)c(CCN)cn2CCN. The van der Waals surface area contributed by atoms with Gasteiger partial charge in [0.2, 0.25) is 0 Å². The van der Waals surface area contributed by atoms with Gasteiger partial charge in [-0.3, -0.25) is 0 Å². The standard InChI is InChI=1S/C15H21N3O2/c1-2-10-7-12-11(3-4-16)9-18(6-5-17)14(12)13(8-10)15(19)20/h7-9H,2-6,16-17H2,1H3,(H,19,20). The molecule has 0 aliphatic heterocycles. The minimum absolute atomic E-state index is 0.344. The van der Waals surface area contributed by atoms with Gasteiger partial charge in [0.1, 0.15) is 0 Å². The van der Waals surface area contributed by atoms with Crippen molar-refractivity contribution < 1.29 is 9.90 Å². The minimum atomic E-state index is -0.902. The number of carbonyl (C=O) groups is 1. The van der Waals surface area contributed by atoms with Crippen LogP contribution in [0.15, 0.2) is 18.3 Å². The number of rotatable bonds is 6. The molecule has 0 bridgehead atoms. The highest BCUT2D eigenvalue weighted by Crippen LogP contribution is 2.27. The van der Waals surface area contributed by atoms with Crippen molar-refractivity contribution in [1.29, 1.82) is 0 Å². The Morgan fingerprint density at radius 3 is 2.60 bits per heavy atom. The maximum Gasteiger partial charge on any atom is 0.337 e. The first kappa shape index (κ1) is 14.6. The second kappa shape index (κ2) is 6.07. The molecule has 5 N–H and O–H groups in total. The van der Waals surface area contributed by atoms with Gasteiger partial charge >= 0.3 is 5.97 Å². The second-order valence-corrected chi connectivity index (χ2v) is 4.87. The van der Waals surface area contributed by atoms with Crippen molar-refractivity contribution in [3.8, 4) is 0 Å². The number of aromatic carboxylic acids is 1. The predicted octanol–water partition coefficient (Wildman–Crippen LogP) is 1.36. The normalized spacial score (nSPS) is 11.2. The number of nitrogens with zero attached hydrogens (tertiary/aromatic N) is 1. The van der Waals surface area contributed by atoms with Gasteiger partial charge < -0.3 is 21.1 Å². The Kier molecular flexibility index (Phi) is 4.42. The number of carboxylic acids is 1. The summed E-state index contributed by atoms with van der Waals surface area (Å²) in [6.07, 6.45) is 3.52. The summed E-state index contributed by atoms with van der Waals surface area (Å²) < 4.78 is 1.93. The number of hydrogen-bond donors (Lipinski definition) is 3. The summed E-state index contributed by atoms with van der Waals surface area (Å²) in [6, 6.07) is 3.82. The highest BCUT2D eigenvalue weighted by atomic mass is 16.4. The van der Waals surface area contributed by atoms with Gasteiger partial charge in [0.05, 0.1) is 11.1 Å². The Bertz CT molecular complexity index is 632. The first-order chi connectivity index (χ1) is 9.62. The molecule has 20 heavy (non-hydrogen) atoms. The van der Waals surface area contributed by atoms with E-state index in [1.807, 2.05) is 17.7 Å². The lowest BCUT2D eigenvalue weighted by atomic mass is 10.0. The Hall–Kier alpha value is -1.85. The second-order valence-electron chi connectivity index (χ2n) is 4.87. The summed E-state index contributed by atoms with van der Waals surface area (Å²) in [6.45, 7) is 3.64. The molecular weight excluding hydrogens is 254 g/mol. The van der Waals surface area contributed by atoms with Crippen molar-refractivity contribution in [2.75, 3.05) is 13.1 Å². The van der Waals surface area contributed by atoms with Crippen molar-refractivity contribution >= 4 is 16.9 Å². The summed E-state index contributed by atoms with van der Waals surface area (Å²) in [5.41, 5.74) is 14.5. The lowest BCUT2D eigenvalue weighted by Gasteiger charge is -2.08. The Balaban J connectivity index is 2.77. The zero-order valence-corrected chi connectivity index (χ0v) is 11.7. The van der Waals surface area contributed by atoms with E-state index in [4.69, 9.17) is 11.5 Å². The van der Waals surface area contributed by atoms with Crippen LogP contribution in [0.25, 0.3) is 10.9 Å². The molecule has 0 atom stereocenters. The number of hydrogen-bond acceptors (Lipinski definition) is 3. The third kappa shape index (κ3) is 2.55. The fourth-order valence-corrected chi connectivity index (χ4v) is 2.61. The number of aryl methyl sites for hydroxylation is 1. The van der Waals surface area contributed by atoms with Crippen LogP contribution in [0.5, 0.6) is 0 Å². The molecule has 2 rings (SSSR count). The minimum Gasteiger partial charge on any atom is -0.478 e. The lowest BCUT2D eigenvalue weighted by Crippen LogP contribution is -2.11. The summed E-state index contributed by atoms with van der Waals surface area (Å²) in [5, 5.41) is 10.5. The molecule has 0 radical (unpaired) electrons. The van der Waals surface area contributed by atoms with Crippen LogP contribution in [0.2, 0.25) is 0 Å². The number of aromatic nitrogens is 1. The van der Waals surface area contributed by atoms with Gasteiger partial charge in [0.15, 0.2) is 0 Å². The fourth-order valence-electron chi connectivity index (χ4n) is 2.61. The van der Waals surface area contributed by atoms with E-state index in [1.54, 1.807) is 6.07 Å². The highest BCUT2D eigenvalue weighted by Gasteiger charge is 2.17. The van der Waals surface area contributed by atoms with Crippen molar-refractivity contribution in [2.24, 2.45) is 11.5 Å². The number of fused-ring (bicyclic) bond motifs is 1. The molecule has 0 aliphatic carbocycles. The maximum atomic E-state index is 11.5. The average molecular weight is 275 g/mol. The van der Waals surface area contributed by atoms with Crippen molar-refractivity contribution in [2.45, 2.75) is 26.3 Å². The number of nitrogens with two attached hydrogens (primary N) is 2. The molecule has 0 spiro atoms. The quantitative estimate of drug-likeness (QED) is 0.742. The molecule has 0 amide bonds. The maximum absolute atomic E-state index is 11.5. The van der Waals surface area contributed by atoms with E-state index in [-0.39, 0.29) is 0 Å². The predicted molar refractivity (Wildman–Crippen MR) is 80.1 cm³/mol. The largest absolute Gasteiger partial charge is 0.478 e. The summed E-state index contributed by atoms with van der Waals surface area (Å²) in [4.78, 5) is 11.5. The Morgan fingerprint density at radius 2 is 2.05 bits per heavy atom. The van der Waals surface area contributed by atoms with Crippen LogP contribution in [0, 0.1) is 0 Å². The van der Waals surface area contributed by atoms with Crippen LogP contribution in [-0.4, -0.2) is 28.7 Å². The molecular formula is C15H21N3O2. The van der Waals surface area contributed by atoms with Crippen LogP contribution >= 0.6 is 0 Å². The molecule has 2 aromatic rings. The first-order valence-electron chi connectivity index (χ1n) is 6.90. The summed E-state index contributed by atoms with van der Waals surface area (Å²) >= 11 is 0. The summed E-state index contributed by atoms with van der Waals surface area (Å²) in [5.74, 6) is -0.902. The highest BCUT2D eigenvalue weighted by molar-refractivity contribution is 6.04. The van der Waals surface area contributed by atoms with Gasteiger partial charge in [-0.15, -0.1) is 0 Å². The van der Waals surface area contributed by atoms with Crippen LogP contribution in [0.4, 0.5) is 0 Å². The van der Waals surface area contributed by atoms with Crippen LogP contribution < -0.4 is 11.5 Å². The van der Waals surface area contributed by atoms with Gasteiger partial charge in [0, 0.05) is 24.7 Å². The topological polar surface area (TPSA) is 94.3 Å². The molecule has 0 saturated carbocycles. The Labute approximate surface area is 118 Å². The van der Waals surface area contributed by atoms with Crippen molar-refractivity contribution in [3.63, 3.8) is 0 Å². The molecule has 0 aliphatic rings. The van der Waals surface area contributed by atoms with E-state index in [2.05, 4.69) is 6.07 Å². The zero-order chi connectivity index (χ0) is 14.7. The van der Waals surface area contributed by atoms with Crippen LogP contribution in [0.1, 0.15) is 28.4 Å². The zero-order valence-electron chi connectivity index (χ0n) is 11.7. The van der Waals surface area contributed by atoms with Crippen molar-refractivity contribution in [3.05, 3.63) is 35.0 Å². The van der Waals surface area contributed by atoms with Gasteiger partial charge in [-0.1, -0.05) is 6.92 Å². The fraction of sp³-hybridized carbons (Fsp3) is 0.400. The first-order valence-corrected chi connectivity index (χ1v) is 6.90. The third-order valence-electron chi connectivity index (χ3n) is 3.54. The molecule has 0 fully saturated rings.